The Morgan fingerprint density at radius 1 is 1.45 bits per heavy atom. The third-order valence-corrected chi connectivity index (χ3v) is 0.765. The van der Waals surface area contributed by atoms with E-state index in [1.54, 1.807) is 0 Å². The van der Waals surface area contributed by atoms with Gasteiger partial charge in [0.15, 0.2) is 0 Å². The summed E-state index contributed by atoms with van der Waals surface area (Å²) >= 11 is 0. The molecule has 0 saturated heterocycles. The van der Waals surface area contributed by atoms with Crippen LogP contribution in [0.5, 0.6) is 0 Å². The van der Waals surface area contributed by atoms with Crippen molar-refractivity contribution in [2.24, 2.45) is 0 Å². The highest BCUT2D eigenvalue weighted by atomic mass is 17.1. The third kappa shape index (κ3) is 12.2. The summed E-state index contributed by atoms with van der Waals surface area (Å²) in [7, 11) is 0. The standard InChI is InChI=1S/C4H6O3.C4H8/c1-3(2)4(5)7-6;1-3-4-2/h6H,1H2,2H3;3-4H,1-2H3. The van der Waals surface area contributed by atoms with Crippen LogP contribution in [-0.4, -0.2) is 11.2 Å². The molecule has 0 aromatic heterocycles. The number of carbonyl (C=O) groups is 1. The fourth-order valence-corrected chi connectivity index (χ4v) is 0.0779. The zero-order chi connectivity index (χ0) is 9.28. The summed E-state index contributed by atoms with van der Waals surface area (Å²) in [6, 6.07) is 0. The topological polar surface area (TPSA) is 46.5 Å². The van der Waals surface area contributed by atoms with Crippen LogP contribution in [0.15, 0.2) is 24.3 Å². The lowest BCUT2D eigenvalue weighted by Crippen LogP contribution is -1.99. The number of hydrogen-bond donors (Lipinski definition) is 1. The fourth-order valence-electron chi connectivity index (χ4n) is 0.0779. The van der Waals surface area contributed by atoms with E-state index >= 15 is 0 Å². The summed E-state index contributed by atoms with van der Waals surface area (Å²) in [4.78, 5) is 13.2. The summed E-state index contributed by atoms with van der Waals surface area (Å²) in [6.07, 6.45) is 4.00. The van der Waals surface area contributed by atoms with Gasteiger partial charge in [-0.25, -0.2) is 4.79 Å². The van der Waals surface area contributed by atoms with Crippen molar-refractivity contribution in [1.29, 1.82) is 0 Å². The molecule has 0 aliphatic rings. The Labute approximate surface area is 66.9 Å². The molecule has 0 radical (unpaired) electrons. The van der Waals surface area contributed by atoms with Gasteiger partial charge in [0.2, 0.25) is 0 Å². The van der Waals surface area contributed by atoms with E-state index in [4.69, 9.17) is 5.26 Å². The monoisotopic (exact) mass is 158 g/mol. The predicted octanol–water partition coefficient (Wildman–Crippen LogP) is 2.16. The normalized spacial score (nSPS) is 8.36. The van der Waals surface area contributed by atoms with Crippen LogP contribution >= 0.6 is 0 Å². The van der Waals surface area contributed by atoms with Gasteiger partial charge in [-0.2, -0.15) is 5.26 Å². The van der Waals surface area contributed by atoms with Gasteiger partial charge in [-0.1, -0.05) is 18.7 Å². The summed E-state index contributed by atoms with van der Waals surface area (Å²) < 4.78 is 0. The average molecular weight is 158 g/mol. The summed E-state index contributed by atoms with van der Waals surface area (Å²) in [5, 5.41) is 7.59. The van der Waals surface area contributed by atoms with Crippen LogP contribution < -0.4 is 0 Å². The van der Waals surface area contributed by atoms with Crippen molar-refractivity contribution in [2.45, 2.75) is 20.8 Å². The predicted molar refractivity (Wildman–Crippen MR) is 44.0 cm³/mol. The molecule has 1 N–H and O–H groups in total. The molecular weight excluding hydrogens is 144 g/mol. The maximum atomic E-state index is 9.94. The van der Waals surface area contributed by atoms with Crippen LogP contribution in [0.3, 0.4) is 0 Å². The molecule has 0 atom stereocenters. The third-order valence-electron chi connectivity index (χ3n) is 0.765. The first kappa shape index (κ1) is 12.6. The van der Waals surface area contributed by atoms with Crippen LogP contribution in [0.2, 0.25) is 0 Å². The van der Waals surface area contributed by atoms with Gasteiger partial charge in [-0.05, 0) is 20.8 Å². The van der Waals surface area contributed by atoms with E-state index in [0.717, 1.165) is 0 Å². The Kier molecular flexibility index (Phi) is 10.2. The summed E-state index contributed by atoms with van der Waals surface area (Å²) in [5.41, 5.74) is 0.183. The molecule has 0 bridgehead atoms. The Bertz CT molecular complexity index is 143. The van der Waals surface area contributed by atoms with E-state index in [2.05, 4.69) is 11.5 Å². The van der Waals surface area contributed by atoms with Crippen molar-refractivity contribution in [3.05, 3.63) is 24.3 Å². The first-order valence-electron chi connectivity index (χ1n) is 3.18. The van der Waals surface area contributed by atoms with Gasteiger partial charge in [-0.3, -0.25) is 4.89 Å². The average Bonchev–Trinajstić information content (AvgIpc) is 2.03. The Balaban J connectivity index is 0. The van der Waals surface area contributed by atoms with Crippen LogP contribution in [0.1, 0.15) is 20.8 Å². The molecule has 0 fully saturated rings. The number of allylic oxidation sites excluding steroid dienone is 2. The Hall–Kier alpha value is -1.09. The fraction of sp³-hybridized carbons (Fsp3) is 0.375. The molecule has 0 aromatic carbocycles. The first-order chi connectivity index (χ1) is 5.09. The number of hydrogen-bond acceptors (Lipinski definition) is 3. The lowest BCUT2D eigenvalue weighted by atomic mass is 10.4. The van der Waals surface area contributed by atoms with Crippen LogP contribution in [0, 0.1) is 0 Å². The summed E-state index contributed by atoms with van der Waals surface area (Å²) in [5.74, 6) is -0.792. The van der Waals surface area contributed by atoms with E-state index in [-0.39, 0.29) is 5.57 Å². The highest BCUT2D eigenvalue weighted by Gasteiger charge is 1.98. The van der Waals surface area contributed by atoms with Crippen molar-refractivity contribution in [1.82, 2.24) is 0 Å². The zero-order valence-electron chi connectivity index (χ0n) is 7.13. The maximum Gasteiger partial charge on any atom is 0.367 e. The van der Waals surface area contributed by atoms with E-state index in [1.807, 2.05) is 26.0 Å². The minimum atomic E-state index is -0.792. The second kappa shape index (κ2) is 8.91. The molecular formula is C8H14O3. The van der Waals surface area contributed by atoms with Gasteiger partial charge in [0.05, 0.1) is 0 Å². The van der Waals surface area contributed by atoms with Crippen molar-refractivity contribution in [3.8, 4) is 0 Å². The second-order valence-electron chi connectivity index (χ2n) is 1.83. The molecule has 0 rings (SSSR count). The molecule has 3 nitrogen and oxygen atoms in total. The minimum absolute atomic E-state index is 0.183. The number of rotatable bonds is 1. The smallest absolute Gasteiger partial charge is 0.296 e. The lowest BCUT2D eigenvalue weighted by Gasteiger charge is -1.88. The van der Waals surface area contributed by atoms with Crippen molar-refractivity contribution < 1.29 is 14.9 Å². The lowest BCUT2D eigenvalue weighted by molar-refractivity contribution is -0.229. The molecule has 0 aliphatic heterocycles. The molecule has 0 unspecified atom stereocenters. The van der Waals surface area contributed by atoms with Gasteiger partial charge < -0.3 is 0 Å². The van der Waals surface area contributed by atoms with Gasteiger partial charge in [0.1, 0.15) is 0 Å². The molecule has 0 aromatic rings. The molecule has 0 amide bonds. The quantitative estimate of drug-likeness (QED) is 0.275. The van der Waals surface area contributed by atoms with Gasteiger partial charge in [-0.15, -0.1) is 0 Å². The largest absolute Gasteiger partial charge is 0.367 e. The van der Waals surface area contributed by atoms with Crippen molar-refractivity contribution in [2.75, 3.05) is 0 Å². The maximum absolute atomic E-state index is 9.94. The molecule has 11 heavy (non-hydrogen) atoms. The molecule has 0 spiro atoms. The minimum Gasteiger partial charge on any atom is -0.296 e. The van der Waals surface area contributed by atoms with Crippen LogP contribution in [0.4, 0.5) is 0 Å². The van der Waals surface area contributed by atoms with E-state index < -0.39 is 5.97 Å². The first-order valence-corrected chi connectivity index (χ1v) is 3.18. The highest BCUT2D eigenvalue weighted by Crippen LogP contribution is 1.86. The van der Waals surface area contributed by atoms with Gasteiger partial charge in [0, 0.05) is 5.57 Å². The molecule has 3 heteroatoms. The molecule has 0 aliphatic carbocycles. The van der Waals surface area contributed by atoms with Crippen molar-refractivity contribution >= 4 is 5.97 Å². The Morgan fingerprint density at radius 2 is 1.82 bits per heavy atom. The zero-order valence-corrected chi connectivity index (χ0v) is 7.13. The van der Waals surface area contributed by atoms with E-state index in [1.165, 1.54) is 6.92 Å². The highest BCUT2D eigenvalue weighted by molar-refractivity contribution is 5.86. The van der Waals surface area contributed by atoms with Crippen LogP contribution in [0.25, 0.3) is 0 Å². The molecule has 64 valence electrons. The van der Waals surface area contributed by atoms with E-state index in [0.29, 0.717) is 0 Å². The Morgan fingerprint density at radius 3 is 1.82 bits per heavy atom. The number of carbonyl (C=O) groups excluding carboxylic acids is 1. The van der Waals surface area contributed by atoms with Crippen LogP contribution in [-0.2, 0) is 9.68 Å². The molecule has 0 heterocycles. The van der Waals surface area contributed by atoms with E-state index in [9.17, 15) is 4.79 Å². The second-order valence-corrected chi connectivity index (χ2v) is 1.83. The van der Waals surface area contributed by atoms with Gasteiger partial charge >= 0.3 is 5.97 Å². The van der Waals surface area contributed by atoms with Gasteiger partial charge in [0.25, 0.3) is 0 Å². The SMILES string of the molecule is C=C(C)C(=O)OO.CC=CC. The van der Waals surface area contributed by atoms with Crippen molar-refractivity contribution in [3.63, 3.8) is 0 Å². The molecule has 0 saturated carbocycles. The summed E-state index contributed by atoms with van der Waals surface area (Å²) in [6.45, 7) is 8.63.